The number of nitrogens with zero attached hydrogens (tertiary/aromatic N) is 1. The predicted octanol–water partition coefficient (Wildman–Crippen LogP) is 5.55. The lowest BCUT2D eigenvalue weighted by Crippen LogP contribution is -1.89. The van der Waals surface area contributed by atoms with Gasteiger partial charge in [0, 0.05) is 10.8 Å². The molecule has 2 heterocycles. The van der Waals surface area contributed by atoms with Crippen LogP contribution in [0.5, 0.6) is 0 Å². The molecule has 2 nitrogen and oxygen atoms in total. The number of pyridine rings is 1. The molecule has 0 atom stereocenters. The number of nitrogens with one attached hydrogen (secondary N) is 1. The summed E-state index contributed by atoms with van der Waals surface area (Å²) >= 11 is 12.7. The second-order valence-electron chi connectivity index (χ2n) is 4.45. The SMILES string of the molecule is Cl.Clc1c2nc3ccccc3c-2[nH]c2c(Cl)cccc12. The number of hydrogen-bond donors (Lipinski definition) is 1. The number of para-hydroxylation sites is 2. The van der Waals surface area contributed by atoms with Gasteiger partial charge >= 0.3 is 0 Å². The first kappa shape index (κ1) is 13.5. The Morgan fingerprint density at radius 1 is 0.900 bits per heavy atom. The maximum Gasteiger partial charge on any atom is 0.107 e. The van der Waals surface area contributed by atoms with E-state index in [0.29, 0.717) is 10.0 Å². The zero-order valence-corrected chi connectivity index (χ0v) is 12.5. The summed E-state index contributed by atoms with van der Waals surface area (Å²) in [4.78, 5) is 7.95. The van der Waals surface area contributed by atoms with Gasteiger partial charge in [-0.05, 0) is 12.1 Å². The monoisotopic (exact) mass is 322 g/mol. The Morgan fingerprint density at radius 2 is 1.65 bits per heavy atom. The van der Waals surface area contributed by atoms with Gasteiger partial charge in [0.15, 0.2) is 0 Å². The van der Waals surface area contributed by atoms with Crippen LogP contribution in [0.1, 0.15) is 0 Å². The van der Waals surface area contributed by atoms with Crippen LogP contribution in [-0.2, 0) is 0 Å². The normalized spacial score (nSPS) is 11.1. The number of H-pyrrole nitrogens is 1. The van der Waals surface area contributed by atoms with Gasteiger partial charge in [0.2, 0.25) is 0 Å². The summed E-state index contributed by atoms with van der Waals surface area (Å²) in [6.07, 6.45) is 0. The Balaban J connectivity index is 0.00000121. The third-order valence-corrected chi connectivity index (χ3v) is 4.05. The molecule has 2 aromatic carbocycles. The molecule has 0 aromatic heterocycles. The first-order chi connectivity index (χ1) is 9.25. The van der Waals surface area contributed by atoms with Gasteiger partial charge in [0.25, 0.3) is 0 Å². The molecule has 0 saturated heterocycles. The van der Waals surface area contributed by atoms with Crippen molar-refractivity contribution in [1.29, 1.82) is 0 Å². The second kappa shape index (κ2) is 4.81. The third kappa shape index (κ3) is 1.76. The summed E-state index contributed by atoms with van der Waals surface area (Å²) in [5, 5.41) is 3.25. The van der Waals surface area contributed by atoms with Crippen LogP contribution < -0.4 is 0 Å². The molecule has 0 unspecified atom stereocenters. The topological polar surface area (TPSA) is 28.7 Å². The van der Waals surface area contributed by atoms with Crippen molar-refractivity contribution in [1.82, 2.24) is 9.97 Å². The van der Waals surface area contributed by atoms with Gasteiger partial charge in [0.1, 0.15) is 5.69 Å². The maximum atomic E-state index is 6.48. The van der Waals surface area contributed by atoms with Crippen LogP contribution in [0.15, 0.2) is 42.5 Å². The van der Waals surface area contributed by atoms with Gasteiger partial charge < -0.3 is 4.98 Å². The number of benzene rings is 2. The molecule has 100 valence electrons. The Bertz CT molecular complexity index is 898. The largest absolute Gasteiger partial charge is 0.351 e. The molecule has 0 amide bonds. The zero-order chi connectivity index (χ0) is 13.0. The summed E-state index contributed by atoms with van der Waals surface area (Å²) in [6, 6.07) is 13.6. The van der Waals surface area contributed by atoms with Gasteiger partial charge in [-0.2, -0.15) is 0 Å². The Labute approximate surface area is 131 Å². The van der Waals surface area contributed by atoms with Gasteiger partial charge in [0.05, 0.1) is 26.8 Å². The summed E-state index contributed by atoms with van der Waals surface area (Å²) in [7, 11) is 0. The van der Waals surface area contributed by atoms with Crippen molar-refractivity contribution in [3.8, 4) is 11.4 Å². The molecule has 0 spiro atoms. The number of fused-ring (bicyclic) bond motifs is 4. The number of hydrogen-bond acceptors (Lipinski definition) is 1. The number of halogens is 3. The molecule has 0 saturated carbocycles. The molecule has 5 heteroatoms. The smallest absolute Gasteiger partial charge is 0.107 e. The van der Waals surface area contributed by atoms with E-state index in [1.54, 1.807) is 0 Å². The standard InChI is InChI=1S/C15H8Cl2N2.ClH/c16-10-6-3-5-9-12(17)15-14(19-13(9)10)8-4-1-2-7-11(8)18-15;/h1-7,19H;1H. The first-order valence-corrected chi connectivity index (χ1v) is 6.65. The average Bonchev–Trinajstić information content (AvgIpc) is 2.80. The van der Waals surface area contributed by atoms with E-state index in [0.717, 1.165) is 33.2 Å². The van der Waals surface area contributed by atoms with Crippen LogP contribution >= 0.6 is 35.6 Å². The summed E-state index contributed by atoms with van der Waals surface area (Å²) in [5.41, 5.74) is 3.50. The fourth-order valence-electron chi connectivity index (χ4n) is 2.46. The summed E-state index contributed by atoms with van der Waals surface area (Å²) < 4.78 is 0. The number of aromatic nitrogens is 2. The molecule has 2 aliphatic rings. The van der Waals surface area contributed by atoms with Gasteiger partial charge in [-0.15, -0.1) is 12.4 Å². The molecular weight excluding hydrogens is 315 g/mol. The van der Waals surface area contributed by atoms with E-state index < -0.39 is 0 Å². The van der Waals surface area contributed by atoms with Crippen molar-refractivity contribution in [3.05, 3.63) is 52.5 Å². The summed E-state index contributed by atoms with van der Waals surface area (Å²) in [5.74, 6) is 0. The van der Waals surface area contributed by atoms with E-state index >= 15 is 0 Å². The van der Waals surface area contributed by atoms with Crippen molar-refractivity contribution in [2.75, 3.05) is 0 Å². The van der Waals surface area contributed by atoms with Crippen molar-refractivity contribution in [2.24, 2.45) is 0 Å². The van der Waals surface area contributed by atoms with Crippen molar-refractivity contribution < 1.29 is 0 Å². The lowest BCUT2D eigenvalue weighted by Gasteiger charge is -2.08. The molecule has 2 aliphatic heterocycles. The number of rotatable bonds is 0. The third-order valence-electron chi connectivity index (χ3n) is 3.35. The van der Waals surface area contributed by atoms with Gasteiger partial charge in [-0.3, -0.25) is 0 Å². The highest BCUT2D eigenvalue weighted by Gasteiger charge is 2.18. The van der Waals surface area contributed by atoms with Crippen LogP contribution in [0, 0.1) is 0 Å². The highest BCUT2D eigenvalue weighted by atomic mass is 35.5. The minimum atomic E-state index is 0. The first-order valence-electron chi connectivity index (χ1n) is 5.90. The van der Waals surface area contributed by atoms with E-state index in [-0.39, 0.29) is 12.4 Å². The minimum Gasteiger partial charge on any atom is -0.351 e. The molecular formula is C15H9Cl3N2. The molecule has 0 aliphatic carbocycles. The van der Waals surface area contributed by atoms with Crippen molar-refractivity contribution >= 4 is 57.4 Å². The van der Waals surface area contributed by atoms with E-state index in [2.05, 4.69) is 9.97 Å². The Morgan fingerprint density at radius 3 is 2.50 bits per heavy atom. The van der Waals surface area contributed by atoms with Crippen LogP contribution in [0.25, 0.3) is 33.2 Å². The van der Waals surface area contributed by atoms with E-state index in [1.165, 1.54) is 0 Å². The minimum absolute atomic E-state index is 0. The second-order valence-corrected chi connectivity index (χ2v) is 5.24. The molecule has 0 radical (unpaired) electrons. The van der Waals surface area contributed by atoms with Gasteiger partial charge in [-0.1, -0.05) is 53.5 Å². The summed E-state index contributed by atoms with van der Waals surface area (Å²) in [6.45, 7) is 0. The lowest BCUT2D eigenvalue weighted by atomic mass is 10.1. The van der Waals surface area contributed by atoms with E-state index in [4.69, 9.17) is 23.2 Å². The maximum absolute atomic E-state index is 6.48. The van der Waals surface area contributed by atoms with E-state index in [1.807, 2.05) is 42.5 Å². The molecule has 2 aromatic rings. The highest BCUT2D eigenvalue weighted by molar-refractivity contribution is 6.41. The number of aromatic amines is 1. The lowest BCUT2D eigenvalue weighted by molar-refractivity contribution is 1.37. The molecule has 1 N–H and O–H groups in total. The van der Waals surface area contributed by atoms with Crippen molar-refractivity contribution in [2.45, 2.75) is 0 Å². The Hall–Kier alpha value is -1.48. The predicted molar refractivity (Wildman–Crippen MR) is 87.5 cm³/mol. The zero-order valence-electron chi connectivity index (χ0n) is 10.2. The molecule has 0 bridgehead atoms. The fraction of sp³-hybridized carbons (Fsp3) is 0. The van der Waals surface area contributed by atoms with Crippen LogP contribution in [0.2, 0.25) is 10.0 Å². The Kier molecular flexibility index (Phi) is 3.25. The molecule has 4 rings (SSSR count). The van der Waals surface area contributed by atoms with E-state index in [9.17, 15) is 0 Å². The van der Waals surface area contributed by atoms with Gasteiger partial charge in [-0.25, -0.2) is 4.98 Å². The molecule has 20 heavy (non-hydrogen) atoms. The van der Waals surface area contributed by atoms with Crippen LogP contribution in [0.4, 0.5) is 0 Å². The average molecular weight is 324 g/mol. The highest BCUT2D eigenvalue weighted by Crippen LogP contribution is 2.40. The molecule has 0 fully saturated rings. The quantitative estimate of drug-likeness (QED) is 0.451. The van der Waals surface area contributed by atoms with Crippen LogP contribution in [0.3, 0.4) is 0 Å². The van der Waals surface area contributed by atoms with Crippen LogP contribution in [-0.4, -0.2) is 9.97 Å². The van der Waals surface area contributed by atoms with Crippen molar-refractivity contribution in [3.63, 3.8) is 0 Å². The fourth-order valence-corrected chi connectivity index (χ4v) is 2.97.